The van der Waals surface area contributed by atoms with Crippen molar-refractivity contribution in [1.29, 1.82) is 0 Å². The Morgan fingerprint density at radius 3 is 2.85 bits per heavy atom. The van der Waals surface area contributed by atoms with Crippen LogP contribution in [0.2, 0.25) is 0 Å². The summed E-state index contributed by atoms with van der Waals surface area (Å²) in [6, 6.07) is 4.12. The molecule has 0 aromatic heterocycles. The number of hydrogen-bond donors (Lipinski definition) is 2. The number of Topliss-reactive ketones (excluding diaryl/α,β-unsaturated/α-hetero) is 1. The number of carbonyl (C=O) groups excluding carboxylic acids is 2. The average molecular weight is 540 g/mol. The molecule has 0 amide bonds. The number of hydrogen-bond acceptors (Lipinski definition) is 7. The van der Waals surface area contributed by atoms with Crippen LogP contribution in [0.25, 0.3) is 0 Å². The molecular formula is C31H38FNO6. The van der Waals surface area contributed by atoms with E-state index in [1.54, 1.807) is 12.2 Å². The SMILES string of the molecule is CCC[C@H]1O[C@@H]2C[C@H]3[C@@H]4CCC5=CC(=O)C=C[C@]5(C)[C@H]4[C@@H](O)C[C@]3(C)[C@]2(C(=O)COc2ccc(N)c(F)c2)O1. The van der Waals surface area contributed by atoms with Crippen molar-refractivity contribution in [1.82, 2.24) is 0 Å². The number of carbonyl (C=O) groups is 2. The van der Waals surface area contributed by atoms with Crippen molar-refractivity contribution in [3.05, 3.63) is 47.8 Å². The molecule has 39 heavy (non-hydrogen) atoms. The molecule has 3 saturated carbocycles. The summed E-state index contributed by atoms with van der Waals surface area (Å²) in [5, 5.41) is 11.8. The summed E-state index contributed by atoms with van der Waals surface area (Å²) in [7, 11) is 0. The first kappa shape index (κ1) is 26.7. The Hall–Kier alpha value is -2.55. The number of halogens is 1. The van der Waals surface area contributed by atoms with Gasteiger partial charge < -0.3 is 25.1 Å². The molecule has 1 heterocycles. The zero-order valence-electron chi connectivity index (χ0n) is 22.8. The summed E-state index contributed by atoms with van der Waals surface area (Å²) >= 11 is 0. The van der Waals surface area contributed by atoms with E-state index in [2.05, 4.69) is 13.8 Å². The van der Waals surface area contributed by atoms with E-state index in [0.29, 0.717) is 19.3 Å². The topological polar surface area (TPSA) is 108 Å². The number of nitrogen functional groups attached to an aromatic ring is 1. The van der Waals surface area contributed by atoms with Gasteiger partial charge in [-0.05, 0) is 68.2 Å². The van der Waals surface area contributed by atoms with Crippen molar-refractivity contribution in [2.75, 3.05) is 12.3 Å². The third-order valence-corrected chi connectivity index (χ3v) is 10.6. The highest BCUT2D eigenvalue weighted by atomic mass is 19.1. The first-order valence-corrected chi connectivity index (χ1v) is 14.2. The first-order chi connectivity index (χ1) is 18.5. The Bertz CT molecular complexity index is 1260. The molecule has 4 fully saturated rings. The normalized spacial score (nSPS) is 42.3. The highest BCUT2D eigenvalue weighted by Crippen LogP contribution is 2.69. The Kier molecular flexibility index (Phi) is 6.32. The van der Waals surface area contributed by atoms with Gasteiger partial charge in [-0.25, -0.2) is 4.39 Å². The van der Waals surface area contributed by atoms with Gasteiger partial charge in [0.2, 0.25) is 5.78 Å². The molecule has 0 spiro atoms. The number of rotatable bonds is 6. The number of fused-ring (bicyclic) bond motifs is 7. The van der Waals surface area contributed by atoms with Crippen LogP contribution in [0, 0.1) is 34.4 Å². The summed E-state index contributed by atoms with van der Waals surface area (Å²) in [5.74, 6) is -0.476. The lowest BCUT2D eigenvalue weighted by Gasteiger charge is -2.59. The molecule has 0 radical (unpaired) electrons. The highest BCUT2D eigenvalue weighted by Gasteiger charge is 2.75. The third-order valence-electron chi connectivity index (χ3n) is 10.6. The molecule has 8 heteroatoms. The van der Waals surface area contributed by atoms with Crippen molar-refractivity contribution < 1.29 is 33.3 Å². The van der Waals surface area contributed by atoms with E-state index in [1.807, 2.05) is 13.0 Å². The lowest BCUT2D eigenvalue weighted by molar-refractivity contribution is -0.200. The second-order valence-electron chi connectivity index (χ2n) is 12.5. The zero-order chi connectivity index (χ0) is 27.7. The molecule has 7 nitrogen and oxygen atoms in total. The number of benzene rings is 1. The maximum Gasteiger partial charge on any atom is 0.205 e. The predicted molar refractivity (Wildman–Crippen MR) is 142 cm³/mol. The van der Waals surface area contributed by atoms with E-state index in [1.165, 1.54) is 18.2 Å². The molecule has 4 aliphatic carbocycles. The van der Waals surface area contributed by atoms with Gasteiger partial charge in [0.05, 0.1) is 17.9 Å². The number of nitrogens with two attached hydrogens (primary N) is 1. The van der Waals surface area contributed by atoms with Crippen LogP contribution in [0.3, 0.4) is 0 Å². The van der Waals surface area contributed by atoms with Crippen LogP contribution in [0.15, 0.2) is 42.0 Å². The molecule has 210 valence electrons. The number of ether oxygens (including phenoxy) is 3. The van der Waals surface area contributed by atoms with Gasteiger partial charge in [-0.1, -0.05) is 38.8 Å². The summed E-state index contributed by atoms with van der Waals surface area (Å²) < 4.78 is 32.9. The molecule has 9 atom stereocenters. The Balaban J connectivity index is 1.34. The van der Waals surface area contributed by atoms with E-state index in [9.17, 15) is 19.1 Å². The monoisotopic (exact) mass is 539 g/mol. The minimum Gasteiger partial charge on any atom is -0.486 e. The molecule has 1 saturated heterocycles. The molecule has 0 unspecified atom stereocenters. The molecule has 3 N–H and O–H groups in total. The minimum atomic E-state index is -1.27. The van der Waals surface area contributed by atoms with E-state index in [-0.39, 0.29) is 47.4 Å². The van der Waals surface area contributed by atoms with E-state index < -0.39 is 40.7 Å². The Morgan fingerprint density at radius 1 is 1.31 bits per heavy atom. The van der Waals surface area contributed by atoms with Crippen LogP contribution >= 0.6 is 0 Å². The van der Waals surface area contributed by atoms with Crippen LogP contribution in [-0.2, 0) is 19.1 Å². The molecule has 1 aliphatic heterocycles. The average Bonchev–Trinajstić information content (AvgIpc) is 3.37. The second-order valence-corrected chi connectivity index (χ2v) is 12.5. The van der Waals surface area contributed by atoms with Crippen molar-refractivity contribution in [3.63, 3.8) is 0 Å². The largest absolute Gasteiger partial charge is 0.486 e. The Morgan fingerprint density at radius 2 is 2.10 bits per heavy atom. The maximum atomic E-state index is 14.2. The van der Waals surface area contributed by atoms with Gasteiger partial charge in [-0.15, -0.1) is 0 Å². The smallest absolute Gasteiger partial charge is 0.205 e. The van der Waals surface area contributed by atoms with Crippen LogP contribution < -0.4 is 10.5 Å². The fraction of sp³-hybridized carbons (Fsp3) is 0.613. The van der Waals surface area contributed by atoms with Crippen LogP contribution in [0.4, 0.5) is 10.1 Å². The minimum absolute atomic E-state index is 0.000704. The van der Waals surface area contributed by atoms with Gasteiger partial charge in [0, 0.05) is 22.8 Å². The lowest BCUT2D eigenvalue weighted by atomic mass is 9.46. The number of allylic oxidation sites excluding steroid dienone is 4. The summed E-state index contributed by atoms with van der Waals surface area (Å²) in [6.07, 6.45) is 7.86. The Labute approximate surface area is 228 Å². The van der Waals surface area contributed by atoms with Gasteiger partial charge in [-0.2, -0.15) is 0 Å². The summed E-state index contributed by atoms with van der Waals surface area (Å²) in [6.45, 7) is 5.95. The van der Waals surface area contributed by atoms with Crippen molar-refractivity contribution in [2.45, 2.75) is 83.4 Å². The highest BCUT2D eigenvalue weighted by molar-refractivity contribution is 6.01. The lowest BCUT2D eigenvalue weighted by Crippen LogP contribution is -2.63. The fourth-order valence-electron chi connectivity index (χ4n) is 8.86. The zero-order valence-corrected chi connectivity index (χ0v) is 22.8. The van der Waals surface area contributed by atoms with E-state index >= 15 is 0 Å². The van der Waals surface area contributed by atoms with Crippen LogP contribution in [-0.4, -0.2) is 47.4 Å². The van der Waals surface area contributed by atoms with Gasteiger partial charge in [-0.3, -0.25) is 9.59 Å². The van der Waals surface area contributed by atoms with Crippen LogP contribution in [0.5, 0.6) is 5.75 Å². The number of aliphatic hydroxyl groups excluding tert-OH is 1. The fourth-order valence-corrected chi connectivity index (χ4v) is 8.86. The van der Waals surface area contributed by atoms with Gasteiger partial charge in [0.25, 0.3) is 0 Å². The predicted octanol–water partition coefficient (Wildman–Crippen LogP) is 4.52. The van der Waals surface area contributed by atoms with Gasteiger partial charge in [0.1, 0.15) is 18.2 Å². The van der Waals surface area contributed by atoms with Crippen molar-refractivity contribution >= 4 is 17.3 Å². The molecule has 0 bridgehead atoms. The number of aliphatic hydroxyl groups is 1. The molecule has 5 aliphatic rings. The molecule has 6 rings (SSSR count). The number of anilines is 1. The van der Waals surface area contributed by atoms with Crippen molar-refractivity contribution in [3.8, 4) is 5.75 Å². The first-order valence-electron chi connectivity index (χ1n) is 14.2. The molecular weight excluding hydrogens is 501 g/mol. The summed E-state index contributed by atoms with van der Waals surface area (Å²) in [4.78, 5) is 26.3. The summed E-state index contributed by atoms with van der Waals surface area (Å²) in [5.41, 5.74) is 4.33. The van der Waals surface area contributed by atoms with Gasteiger partial charge in [0.15, 0.2) is 17.7 Å². The molecule has 1 aromatic carbocycles. The van der Waals surface area contributed by atoms with E-state index in [4.69, 9.17) is 19.9 Å². The second kappa shape index (κ2) is 9.25. The number of ketones is 2. The van der Waals surface area contributed by atoms with Crippen LogP contribution in [0.1, 0.15) is 59.3 Å². The molecule has 1 aromatic rings. The quantitative estimate of drug-likeness (QED) is 0.512. The van der Waals surface area contributed by atoms with Gasteiger partial charge >= 0.3 is 0 Å². The third kappa shape index (κ3) is 3.78. The standard InChI is InChI=1S/C31H38FNO6/c1-4-5-27-38-26-14-21-20-8-6-17-12-18(34)10-11-29(17,2)28(20)24(35)15-30(21,3)31(26,39-27)25(36)16-37-19-7-9-23(33)22(32)13-19/h7,9-13,20-21,24,26-28,35H,4-6,8,14-16,33H2,1-3H3/t20-,21-,24-,26+,27-,28+,29-,30-,31+/m0/s1. The van der Waals surface area contributed by atoms with Crippen molar-refractivity contribution in [2.24, 2.45) is 28.6 Å². The maximum absolute atomic E-state index is 14.2. The van der Waals surface area contributed by atoms with E-state index in [0.717, 1.165) is 24.8 Å².